The number of carbonyl (C=O) groups is 3. The fraction of sp³-hybridized carbons (Fsp3) is 0.286. The Labute approximate surface area is 121 Å². The Balaban J connectivity index is 2.16. The summed E-state index contributed by atoms with van der Waals surface area (Å²) in [4.78, 5) is 34.4. The molecule has 0 unspecified atom stereocenters. The van der Waals surface area contributed by atoms with Gasteiger partial charge in [0.25, 0.3) is 5.91 Å². The summed E-state index contributed by atoms with van der Waals surface area (Å²) in [7, 11) is 0. The number of rotatable bonds is 4. The molecule has 2 rings (SSSR count). The summed E-state index contributed by atoms with van der Waals surface area (Å²) in [5.74, 6) is -1.69. The van der Waals surface area contributed by atoms with E-state index >= 15 is 0 Å². The van der Waals surface area contributed by atoms with Crippen LogP contribution in [0.25, 0.3) is 0 Å². The molecule has 21 heavy (non-hydrogen) atoms. The Bertz CT molecular complexity index is 624. The summed E-state index contributed by atoms with van der Waals surface area (Å²) >= 11 is 0. The Morgan fingerprint density at radius 2 is 2.00 bits per heavy atom. The summed E-state index contributed by atoms with van der Waals surface area (Å²) in [6.07, 6.45) is 1.78. The third kappa shape index (κ3) is 2.76. The Kier molecular flexibility index (Phi) is 3.75. The molecule has 1 aromatic rings. The van der Waals surface area contributed by atoms with Gasteiger partial charge in [0, 0.05) is 0 Å². The number of hydrazone groups is 1. The fourth-order valence-electron chi connectivity index (χ4n) is 1.84. The van der Waals surface area contributed by atoms with Gasteiger partial charge in [-0.1, -0.05) is 31.2 Å². The van der Waals surface area contributed by atoms with Gasteiger partial charge in [0.1, 0.15) is 5.54 Å². The van der Waals surface area contributed by atoms with Crippen molar-refractivity contribution in [3.05, 3.63) is 35.4 Å². The normalized spacial score (nSPS) is 21.9. The van der Waals surface area contributed by atoms with E-state index in [9.17, 15) is 19.5 Å². The van der Waals surface area contributed by atoms with Crippen molar-refractivity contribution in [1.82, 2.24) is 10.3 Å². The maximum Gasteiger partial charge on any atom is 0.346 e. The topological polar surface area (TPSA) is 102 Å². The van der Waals surface area contributed by atoms with E-state index in [0.29, 0.717) is 12.0 Å². The van der Waals surface area contributed by atoms with E-state index in [1.165, 1.54) is 30.5 Å². The molecular formula is C14H14N3O4-. The zero-order valence-corrected chi connectivity index (χ0v) is 11.6. The van der Waals surface area contributed by atoms with E-state index < -0.39 is 23.4 Å². The van der Waals surface area contributed by atoms with Crippen molar-refractivity contribution >= 4 is 24.1 Å². The van der Waals surface area contributed by atoms with Crippen LogP contribution in [0.2, 0.25) is 0 Å². The minimum absolute atomic E-state index is 0.0423. The van der Waals surface area contributed by atoms with Crippen LogP contribution in [0.4, 0.5) is 4.79 Å². The maximum atomic E-state index is 12.1. The Hall–Kier alpha value is -2.70. The highest BCUT2D eigenvalue weighted by Crippen LogP contribution is 2.20. The first-order valence-corrected chi connectivity index (χ1v) is 6.39. The van der Waals surface area contributed by atoms with Gasteiger partial charge in [-0.25, -0.2) is 4.79 Å². The van der Waals surface area contributed by atoms with Crippen LogP contribution in [0.15, 0.2) is 29.4 Å². The van der Waals surface area contributed by atoms with Crippen LogP contribution in [-0.4, -0.2) is 34.7 Å². The number of urea groups is 1. The van der Waals surface area contributed by atoms with Crippen LogP contribution >= 0.6 is 0 Å². The van der Waals surface area contributed by atoms with Crippen molar-refractivity contribution < 1.29 is 19.5 Å². The molecule has 1 aliphatic rings. The highest BCUT2D eigenvalue weighted by molar-refractivity contribution is 6.07. The molecule has 1 heterocycles. The molecule has 7 nitrogen and oxygen atoms in total. The van der Waals surface area contributed by atoms with Crippen LogP contribution in [0.5, 0.6) is 0 Å². The van der Waals surface area contributed by atoms with E-state index in [1.807, 2.05) is 0 Å². The lowest BCUT2D eigenvalue weighted by atomic mass is 10.00. The lowest BCUT2D eigenvalue weighted by molar-refractivity contribution is -0.255. The van der Waals surface area contributed by atoms with Gasteiger partial charge in [0.05, 0.1) is 12.2 Å². The van der Waals surface area contributed by atoms with Gasteiger partial charge >= 0.3 is 6.03 Å². The summed E-state index contributed by atoms with van der Waals surface area (Å²) < 4.78 is 0. The molecule has 0 radical (unpaired) electrons. The van der Waals surface area contributed by atoms with Crippen molar-refractivity contribution in [2.75, 3.05) is 0 Å². The van der Waals surface area contributed by atoms with Crippen molar-refractivity contribution in [2.45, 2.75) is 25.8 Å². The third-order valence-electron chi connectivity index (χ3n) is 3.42. The predicted octanol–water partition coefficient (Wildman–Crippen LogP) is 0.104. The first-order valence-electron chi connectivity index (χ1n) is 6.39. The average molecular weight is 288 g/mol. The number of hydrogen-bond acceptors (Lipinski definition) is 5. The molecule has 0 bridgehead atoms. The van der Waals surface area contributed by atoms with Gasteiger partial charge in [-0.05, 0) is 24.5 Å². The van der Waals surface area contributed by atoms with Crippen molar-refractivity contribution in [3.8, 4) is 0 Å². The molecule has 1 atom stereocenters. The van der Waals surface area contributed by atoms with Crippen molar-refractivity contribution in [1.29, 1.82) is 0 Å². The quantitative estimate of drug-likeness (QED) is 0.627. The Morgan fingerprint density at radius 1 is 1.38 bits per heavy atom. The molecule has 0 saturated carbocycles. The first-order chi connectivity index (χ1) is 9.87. The summed E-state index contributed by atoms with van der Waals surface area (Å²) in [6.45, 7) is 3.43. The Morgan fingerprint density at radius 3 is 2.48 bits per heavy atom. The van der Waals surface area contributed by atoms with Crippen molar-refractivity contribution in [2.24, 2.45) is 5.10 Å². The van der Waals surface area contributed by atoms with Gasteiger partial charge in [-0.2, -0.15) is 5.10 Å². The monoisotopic (exact) mass is 288 g/mol. The maximum absolute atomic E-state index is 12.1. The second kappa shape index (κ2) is 5.35. The van der Waals surface area contributed by atoms with Gasteiger partial charge in [-0.3, -0.25) is 4.79 Å². The predicted molar refractivity (Wildman–Crippen MR) is 72.4 cm³/mol. The van der Waals surface area contributed by atoms with E-state index in [0.717, 1.165) is 5.01 Å². The van der Waals surface area contributed by atoms with E-state index in [1.54, 1.807) is 13.8 Å². The third-order valence-corrected chi connectivity index (χ3v) is 3.42. The number of benzene rings is 1. The van der Waals surface area contributed by atoms with Gasteiger partial charge < -0.3 is 15.2 Å². The molecule has 1 aliphatic heterocycles. The van der Waals surface area contributed by atoms with E-state index in [2.05, 4.69) is 10.4 Å². The minimum Gasteiger partial charge on any atom is -0.545 e. The molecule has 0 aliphatic carbocycles. The summed E-state index contributed by atoms with van der Waals surface area (Å²) in [6, 6.07) is 5.15. The molecule has 1 fully saturated rings. The molecule has 0 aromatic heterocycles. The van der Waals surface area contributed by atoms with E-state index in [-0.39, 0.29) is 5.56 Å². The minimum atomic E-state index is -1.27. The molecule has 1 N–H and O–H groups in total. The van der Waals surface area contributed by atoms with Crippen LogP contribution in [0.1, 0.15) is 36.2 Å². The number of carboxylic acid groups (broad SMARTS) is 1. The zero-order valence-electron chi connectivity index (χ0n) is 11.6. The second-order valence-electron chi connectivity index (χ2n) is 4.89. The van der Waals surface area contributed by atoms with Crippen LogP contribution < -0.4 is 10.4 Å². The summed E-state index contributed by atoms with van der Waals surface area (Å²) in [5.41, 5.74) is -0.334. The highest BCUT2D eigenvalue weighted by Gasteiger charge is 2.46. The number of aromatic carboxylic acids is 1. The van der Waals surface area contributed by atoms with Crippen LogP contribution in [-0.2, 0) is 4.79 Å². The number of amides is 3. The molecule has 1 aromatic carbocycles. The smallest absolute Gasteiger partial charge is 0.346 e. The first kappa shape index (κ1) is 14.7. The number of carbonyl (C=O) groups excluding carboxylic acids is 3. The number of hydrogen-bond donors (Lipinski definition) is 1. The molecule has 1 saturated heterocycles. The van der Waals surface area contributed by atoms with Gasteiger partial charge in [0.2, 0.25) is 0 Å². The standard InChI is InChI=1S/C14H15N3O4/c1-3-14(2)12(20)17(13(21)16-14)15-8-9-4-6-10(7-5-9)11(18)19/h4-8H,3H2,1-2H3,(H,16,21)(H,18,19)/p-1/b15-8-/t14-/m0/s1. The highest BCUT2D eigenvalue weighted by atomic mass is 16.4. The SMILES string of the molecule is CC[C@]1(C)NC(=O)N(/N=C\c2ccc(C(=O)[O-])cc2)C1=O. The molecule has 7 heteroatoms. The molecule has 0 spiro atoms. The number of imide groups is 1. The molecular weight excluding hydrogens is 274 g/mol. The molecule has 110 valence electrons. The number of carboxylic acids is 1. The molecule has 3 amide bonds. The van der Waals surface area contributed by atoms with Crippen LogP contribution in [0.3, 0.4) is 0 Å². The zero-order chi connectivity index (χ0) is 15.6. The lowest BCUT2D eigenvalue weighted by Crippen LogP contribution is -2.42. The van der Waals surface area contributed by atoms with Gasteiger partial charge in [-0.15, -0.1) is 5.01 Å². The second-order valence-corrected chi connectivity index (χ2v) is 4.89. The van der Waals surface area contributed by atoms with Crippen molar-refractivity contribution in [3.63, 3.8) is 0 Å². The number of nitrogens with zero attached hydrogens (tertiary/aromatic N) is 2. The summed E-state index contributed by atoms with van der Waals surface area (Å²) in [5, 5.41) is 17.8. The van der Waals surface area contributed by atoms with Gasteiger partial charge in [0.15, 0.2) is 0 Å². The van der Waals surface area contributed by atoms with E-state index in [4.69, 9.17) is 0 Å². The largest absolute Gasteiger partial charge is 0.545 e. The van der Waals surface area contributed by atoms with Crippen LogP contribution in [0, 0.1) is 0 Å². The average Bonchev–Trinajstić information content (AvgIpc) is 2.68. The fourth-order valence-corrected chi connectivity index (χ4v) is 1.84. The lowest BCUT2D eigenvalue weighted by Gasteiger charge is -2.17. The number of nitrogens with one attached hydrogen (secondary N) is 1.